The number of nitrogens with one attached hydrogen (secondary N) is 1. The molecule has 1 atom stereocenters. The molecular weight excluding hydrogens is 324 g/mol. The minimum atomic E-state index is -0.368. The lowest BCUT2D eigenvalue weighted by molar-refractivity contribution is -0.115. The predicted molar refractivity (Wildman–Crippen MR) is 92.7 cm³/mol. The molecule has 0 radical (unpaired) electrons. The van der Waals surface area contributed by atoms with Crippen LogP contribution in [0.1, 0.15) is 12.5 Å². The number of hydrogen-bond donors (Lipinski definition) is 1. The van der Waals surface area contributed by atoms with Crippen molar-refractivity contribution in [2.45, 2.75) is 24.3 Å². The Hall–Kier alpha value is -2.67. The van der Waals surface area contributed by atoms with Gasteiger partial charge in [0.1, 0.15) is 0 Å². The van der Waals surface area contributed by atoms with Gasteiger partial charge in [0.05, 0.1) is 10.8 Å². The molecule has 0 bridgehead atoms. The van der Waals surface area contributed by atoms with E-state index in [1.165, 1.54) is 11.8 Å². The van der Waals surface area contributed by atoms with Crippen LogP contribution in [0.4, 0.5) is 5.69 Å². The van der Waals surface area contributed by atoms with Gasteiger partial charge in [-0.2, -0.15) is 0 Å². The van der Waals surface area contributed by atoms with E-state index in [1.54, 1.807) is 25.4 Å². The molecule has 3 aromatic rings. The minimum Gasteiger partial charge on any atom is -0.411 e. The van der Waals surface area contributed by atoms with Crippen LogP contribution in [0.2, 0.25) is 0 Å². The smallest absolute Gasteiger partial charge is 0.277 e. The topological polar surface area (TPSA) is 80.9 Å². The molecule has 2 heterocycles. The maximum atomic E-state index is 12.3. The molecule has 0 aliphatic rings. The Morgan fingerprint density at radius 2 is 2.12 bits per heavy atom. The number of benzene rings is 1. The van der Waals surface area contributed by atoms with Crippen molar-refractivity contribution >= 4 is 23.4 Å². The first-order valence-electron chi connectivity index (χ1n) is 7.40. The molecule has 122 valence electrons. The van der Waals surface area contributed by atoms with Gasteiger partial charge in [0, 0.05) is 18.1 Å². The van der Waals surface area contributed by atoms with Crippen LogP contribution in [-0.2, 0) is 4.79 Å². The zero-order valence-corrected chi connectivity index (χ0v) is 14.1. The number of hydrogen-bond acceptors (Lipinski definition) is 6. The van der Waals surface area contributed by atoms with Gasteiger partial charge in [-0.05, 0) is 43.7 Å². The molecule has 0 spiro atoms. The summed E-state index contributed by atoms with van der Waals surface area (Å²) in [7, 11) is 0. The van der Waals surface area contributed by atoms with Gasteiger partial charge in [-0.15, -0.1) is 10.2 Å². The van der Waals surface area contributed by atoms with Crippen LogP contribution >= 0.6 is 11.8 Å². The van der Waals surface area contributed by atoms with Crippen LogP contribution in [0.5, 0.6) is 0 Å². The second-order valence-corrected chi connectivity index (χ2v) is 6.53. The highest BCUT2D eigenvalue weighted by Crippen LogP contribution is 2.26. The minimum absolute atomic E-state index is 0.119. The summed E-state index contributed by atoms with van der Waals surface area (Å²) in [4.78, 5) is 16.3. The first-order valence-corrected chi connectivity index (χ1v) is 8.28. The van der Waals surface area contributed by atoms with E-state index in [2.05, 4.69) is 20.5 Å². The molecule has 3 rings (SSSR count). The molecule has 0 aliphatic carbocycles. The molecule has 1 amide bonds. The third-order valence-electron chi connectivity index (χ3n) is 3.25. The van der Waals surface area contributed by atoms with E-state index in [4.69, 9.17) is 4.42 Å². The van der Waals surface area contributed by atoms with E-state index < -0.39 is 0 Å². The van der Waals surface area contributed by atoms with Crippen LogP contribution in [0.3, 0.4) is 0 Å². The molecule has 7 heteroatoms. The number of aromatic nitrogens is 3. The summed E-state index contributed by atoms with van der Waals surface area (Å²) in [6, 6.07) is 11.3. The Balaban J connectivity index is 1.63. The van der Waals surface area contributed by atoms with Crippen molar-refractivity contribution in [3.05, 3.63) is 54.4 Å². The third kappa shape index (κ3) is 3.99. The summed E-state index contributed by atoms with van der Waals surface area (Å²) in [6.07, 6.45) is 3.32. The second-order valence-electron chi connectivity index (χ2n) is 5.23. The highest BCUT2D eigenvalue weighted by Gasteiger charge is 2.19. The number of aryl methyl sites for hydroxylation is 1. The van der Waals surface area contributed by atoms with Crippen molar-refractivity contribution in [3.63, 3.8) is 0 Å². The van der Waals surface area contributed by atoms with E-state index in [1.807, 2.05) is 37.3 Å². The zero-order valence-electron chi connectivity index (χ0n) is 13.3. The fraction of sp³-hybridized carbons (Fsp3) is 0.176. The Labute approximate surface area is 143 Å². The van der Waals surface area contributed by atoms with Crippen molar-refractivity contribution in [2.75, 3.05) is 5.32 Å². The lowest BCUT2D eigenvalue weighted by atomic mass is 10.2. The van der Waals surface area contributed by atoms with E-state index in [-0.39, 0.29) is 11.2 Å². The van der Waals surface area contributed by atoms with Crippen molar-refractivity contribution in [1.82, 2.24) is 15.2 Å². The molecule has 0 fully saturated rings. The molecule has 0 aliphatic heterocycles. The van der Waals surface area contributed by atoms with E-state index in [9.17, 15) is 4.79 Å². The summed E-state index contributed by atoms with van der Waals surface area (Å²) in [5.41, 5.74) is 2.61. The molecule has 1 N–H and O–H groups in total. The molecule has 0 saturated carbocycles. The molecule has 0 saturated heterocycles. The maximum absolute atomic E-state index is 12.3. The molecular formula is C17H16N4O2S. The van der Waals surface area contributed by atoms with Crippen LogP contribution in [0, 0.1) is 6.92 Å². The number of anilines is 1. The van der Waals surface area contributed by atoms with E-state index >= 15 is 0 Å². The summed E-state index contributed by atoms with van der Waals surface area (Å²) in [5, 5.41) is 10.8. The Kier molecular flexibility index (Phi) is 4.90. The molecule has 0 unspecified atom stereocenters. The zero-order chi connectivity index (χ0) is 16.9. The number of amides is 1. The van der Waals surface area contributed by atoms with Gasteiger partial charge in [-0.1, -0.05) is 23.9 Å². The number of thioether (sulfide) groups is 1. The van der Waals surface area contributed by atoms with Gasteiger partial charge in [0.2, 0.25) is 11.8 Å². The second kappa shape index (κ2) is 7.27. The van der Waals surface area contributed by atoms with Crippen LogP contribution in [0.15, 0.2) is 58.4 Å². The summed E-state index contributed by atoms with van der Waals surface area (Å²) < 4.78 is 5.58. The number of nitrogens with zero attached hydrogens (tertiary/aromatic N) is 3. The van der Waals surface area contributed by atoms with Gasteiger partial charge in [0.15, 0.2) is 0 Å². The molecule has 1 aromatic carbocycles. The fourth-order valence-corrected chi connectivity index (χ4v) is 2.72. The Morgan fingerprint density at radius 3 is 2.88 bits per heavy atom. The monoisotopic (exact) mass is 340 g/mol. The summed E-state index contributed by atoms with van der Waals surface area (Å²) in [5.74, 6) is 0.267. The van der Waals surface area contributed by atoms with Gasteiger partial charge in [-0.3, -0.25) is 9.78 Å². The van der Waals surface area contributed by atoms with Crippen LogP contribution in [0.25, 0.3) is 11.5 Å². The quantitative estimate of drug-likeness (QED) is 0.715. The first kappa shape index (κ1) is 16.2. The van der Waals surface area contributed by atoms with Crippen molar-refractivity contribution < 1.29 is 9.21 Å². The summed E-state index contributed by atoms with van der Waals surface area (Å²) >= 11 is 1.22. The van der Waals surface area contributed by atoms with Crippen molar-refractivity contribution in [1.29, 1.82) is 0 Å². The molecule has 2 aromatic heterocycles. The number of carbonyl (C=O) groups excluding carboxylic acids is 1. The predicted octanol–water partition coefficient (Wildman–Crippen LogP) is 3.56. The summed E-state index contributed by atoms with van der Waals surface area (Å²) in [6.45, 7) is 3.77. The normalized spacial score (nSPS) is 11.9. The van der Waals surface area contributed by atoms with Crippen molar-refractivity contribution in [3.8, 4) is 11.5 Å². The highest BCUT2D eigenvalue weighted by molar-refractivity contribution is 8.00. The molecule has 24 heavy (non-hydrogen) atoms. The Morgan fingerprint density at radius 1 is 1.25 bits per heavy atom. The SMILES string of the molecule is Cc1cccc(NC(=O)[C@@H](C)Sc2nnc(-c3cccnc3)o2)c1. The highest BCUT2D eigenvalue weighted by atomic mass is 32.2. The lowest BCUT2D eigenvalue weighted by Crippen LogP contribution is -2.22. The largest absolute Gasteiger partial charge is 0.411 e. The van der Waals surface area contributed by atoms with Crippen molar-refractivity contribution in [2.24, 2.45) is 0 Å². The number of carbonyl (C=O) groups is 1. The maximum Gasteiger partial charge on any atom is 0.277 e. The van der Waals surface area contributed by atoms with Gasteiger partial charge >= 0.3 is 0 Å². The number of rotatable bonds is 5. The lowest BCUT2D eigenvalue weighted by Gasteiger charge is -2.10. The molecule has 6 nitrogen and oxygen atoms in total. The average molecular weight is 340 g/mol. The van der Waals surface area contributed by atoms with E-state index in [0.29, 0.717) is 11.1 Å². The van der Waals surface area contributed by atoms with Gasteiger partial charge < -0.3 is 9.73 Å². The van der Waals surface area contributed by atoms with E-state index in [0.717, 1.165) is 16.8 Å². The van der Waals surface area contributed by atoms with Crippen LogP contribution in [-0.4, -0.2) is 26.3 Å². The third-order valence-corrected chi connectivity index (χ3v) is 4.18. The standard InChI is InChI=1S/C17H16N4O2S/c1-11-5-3-7-14(9-11)19-15(22)12(2)24-17-21-20-16(23-17)13-6-4-8-18-10-13/h3-10,12H,1-2H3,(H,19,22)/t12-/m1/s1. The van der Waals surface area contributed by atoms with Crippen LogP contribution < -0.4 is 5.32 Å². The number of pyridine rings is 1. The van der Waals surface area contributed by atoms with Gasteiger partial charge in [-0.25, -0.2) is 0 Å². The Bertz CT molecular complexity index is 835. The first-order chi connectivity index (χ1) is 11.6. The van der Waals surface area contributed by atoms with Gasteiger partial charge in [0.25, 0.3) is 5.22 Å². The average Bonchev–Trinajstić information content (AvgIpc) is 3.04. The fourth-order valence-electron chi connectivity index (χ4n) is 2.03.